The van der Waals surface area contributed by atoms with Gasteiger partial charge in [-0.3, -0.25) is 9.48 Å². The molecule has 1 amide bonds. The summed E-state index contributed by atoms with van der Waals surface area (Å²) in [7, 11) is 0. The minimum atomic E-state index is -0.0766. The number of benzene rings is 3. The lowest BCUT2D eigenvalue weighted by atomic mass is 10.1. The summed E-state index contributed by atoms with van der Waals surface area (Å²) in [6.45, 7) is 2.13. The molecular weight excluding hydrogens is 440 g/mol. The van der Waals surface area contributed by atoms with Crippen LogP contribution in [-0.4, -0.2) is 22.2 Å². The van der Waals surface area contributed by atoms with Gasteiger partial charge in [0.2, 0.25) is 5.91 Å². The summed E-state index contributed by atoms with van der Waals surface area (Å²) in [5.74, 6) is 2.34. The van der Waals surface area contributed by atoms with Crippen molar-refractivity contribution in [2.24, 2.45) is 0 Å². The maximum Gasteiger partial charge on any atom is 0.228 e. The third-order valence-corrected chi connectivity index (χ3v) is 5.58. The Morgan fingerprint density at radius 3 is 2.57 bits per heavy atom. The normalized spacial score (nSPS) is 11.0. The van der Waals surface area contributed by atoms with Crippen molar-refractivity contribution < 1.29 is 13.9 Å². The van der Waals surface area contributed by atoms with Gasteiger partial charge in [-0.1, -0.05) is 30.3 Å². The van der Waals surface area contributed by atoms with E-state index in [2.05, 4.69) is 15.7 Å². The van der Waals surface area contributed by atoms with Crippen LogP contribution in [0.3, 0.4) is 0 Å². The minimum absolute atomic E-state index is 0.0766. The van der Waals surface area contributed by atoms with Crippen LogP contribution in [0.25, 0.3) is 10.9 Å². The molecule has 0 bridgehead atoms. The highest BCUT2D eigenvalue weighted by Gasteiger charge is 2.08. The largest absolute Gasteiger partial charge is 0.468 e. The number of anilines is 1. The van der Waals surface area contributed by atoms with Crippen molar-refractivity contribution in [3.63, 3.8) is 0 Å². The molecule has 0 saturated carbocycles. The number of furan rings is 1. The number of carbonyl (C=O) groups excluding carboxylic acids is 1. The summed E-state index contributed by atoms with van der Waals surface area (Å²) in [4.78, 5) is 12.7. The number of nitrogens with zero attached hydrogens (tertiary/aromatic N) is 2. The molecule has 0 aliphatic heterocycles. The van der Waals surface area contributed by atoms with Gasteiger partial charge in [-0.05, 0) is 60.2 Å². The van der Waals surface area contributed by atoms with Crippen molar-refractivity contribution in [3.05, 3.63) is 109 Å². The molecule has 0 spiro atoms. The molecule has 0 aliphatic rings. The van der Waals surface area contributed by atoms with Crippen molar-refractivity contribution in [2.75, 3.05) is 11.9 Å². The van der Waals surface area contributed by atoms with E-state index in [4.69, 9.17) is 9.15 Å². The number of ether oxygens (including phenoxy) is 1. The second-order valence-corrected chi connectivity index (χ2v) is 8.18. The second-order valence-electron chi connectivity index (χ2n) is 8.18. The first-order valence-corrected chi connectivity index (χ1v) is 11.5. The molecule has 35 heavy (non-hydrogen) atoms. The monoisotopic (exact) mass is 466 g/mol. The van der Waals surface area contributed by atoms with E-state index < -0.39 is 0 Å². The summed E-state index contributed by atoms with van der Waals surface area (Å²) >= 11 is 0. The maximum atomic E-state index is 12.7. The van der Waals surface area contributed by atoms with E-state index in [0.29, 0.717) is 13.1 Å². The van der Waals surface area contributed by atoms with Gasteiger partial charge in [0.15, 0.2) is 0 Å². The number of hydrogen-bond acceptors (Lipinski definition) is 5. The van der Waals surface area contributed by atoms with Gasteiger partial charge >= 0.3 is 0 Å². The molecule has 0 radical (unpaired) electrons. The van der Waals surface area contributed by atoms with E-state index in [0.717, 1.165) is 46.0 Å². The standard InChI is InChI=1S/C28H26N4O3/c33-28(17-21-8-12-25(13-9-21)35-24-5-2-1-3-6-24)31-23-11-10-22-19-30-32(27(22)18-23)15-14-29-20-26-7-4-16-34-26/h1-13,16,18-19,29H,14-15,17,20H2,(H,31,33). The van der Waals surface area contributed by atoms with Crippen LogP contribution in [0.4, 0.5) is 5.69 Å². The molecule has 0 saturated heterocycles. The van der Waals surface area contributed by atoms with E-state index in [-0.39, 0.29) is 12.3 Å². The highest BCUT2D eigenvalue weighted by molar-refractivity contribution is 5.94. The molecule has 176 valence electrons. The van der Waals surface area contributed by atoms with Gasteiger partial charge in [0.1, 0.15) is 17.3 Å². The quantitative estimate of drug-likeness (QED) is 0.270. The number of aromatic nitrogens is 2. The Morgan fingerprint density at radius 2 is 1.77 bits per heavy atom. The van der Waals surface area contributed by atoms with Crippen molar-refractivity contribution >= 4 is 22.5 Å². The van der Waals surface area contributed by atoms with Crippen LogP contribution in [0.5, 0.6) is 11.5 Å². The van der Waals surface area contributed by atoms with Crippen LogP contribution in [0, 0.1) is 0 Å². The molecule has 2 heterocycles. The van der Waals surface area contributed by atoms with Gasteiger partial charge in [0.25, 0.3) is 0 Å². The fourth-order valence-corrected chi connectivity index (χ4v) is 3.83. The van der Waals surface area contributed by atoms with Crippen molar-refractivity contribution in [3.8, 4) is 11.5 Å². The Morgan fingerprint density at radius 1 is 0.943 bits per heavy atom. The molecule has 0 aliphatic carbocycles. The van der Waals surface area contributed by atoms with Crippen molar-refractivity contribution in [1.82, 2.24) is 15.1 Å². The first-order valence-electron chi connectivity index (χ1n) is 11.5. The van der Waals surface area contributed by atoms with Gasteiger partial charge in [-0.15, -0.1) is 0 Å². The molecule has 5 aromatic rings. The average Bonchev–Trinajstić information content (AvgIpc) is 3.54. The number of carbonyl (C=O) groups is 1. The van der Waals surface area contributed by atoms with E-state index in [1.165, 1.54) is 0 Å². The van der Waals surface area contributed by atoms with Crippen LogP contribution >= 0.6 is 0 Å². The molecule has 5 rings (SSSR count). The number of para-hydroxylation sites is 1. The number of rotatable bonds is 10. The Labute approximate surface area is 203 Å². The van der Waals surface area contributed by atoms with Crippen LogP contribution in [-0.2, 0) is 24.3 Å². The second kappa shape index (κ2) is 10.7. The molecule has 3 aromatic carbocycles. The minimum Gasteiger partial charge on any atom is -0.468 e. The highest BCUT2D eigenvalue weighted by atomic mass is 16.5. The first kappa shape index (κ1) is 22.4. The Bertz CT molecular complexity index is 1380. The topological polar surface area (TPSA) is 81.3 Å². The summed E-state index contributed by atoms with van der Waals surface area (Å²) in [6.07, 6.45) is 3.79. The average molecular weight is 467 g/mol. The lowest BCUT2D eigenvalue weighted by Gasteiger charge is -2.09. The molecule has 2 N–H and O–H groups in total. The summed E-state index contributed by atoms with van der Waals surface area (Å²) in [5, 5.41) is 11.9. The van der Waals surface area contributed by atoms with E-state index >= 15 is 0 Å². The Hall–Kier alpha value is -4.36. The predicted molar refractivity (Wildman–Crippen MR) is 135 cm³/mol. The van der Waals surface area contributed by atoms with Gasteiger partial charge < -0.3 is 19.8 Å². The van der Waals surface area contributed by atoms with E-state index in [1.807, 2.05) is 95.8 Å². The number of amides is 1. The fraction of sp³-hybridized carbons (Fsp3) is 0.143. The first-order chi connectivity index (χ1) is 17.2. The van der Waals surface area contributed by atoms with Crippen LogP contribution in [0.1, 0.15) is 11.3 Å². The zero-order valence-electron chi connectivity index (χ0n) is 19.2. The van der Waals surface area contributed by atoms with Gasteiger partial charge in [0, 0.05) is 17.6 Å². The summed E-state index contributed by atoms with van der Waals surface area (Å²) in [6, 6.07) is 26.8. The zero-order chi connectivity index (χ0) is 23.9. The van der Waals surface area contributed by atoms with E-state index in [9.17, 15) is 4.79 Å². The molecule has 0 unspecified atom stereocenters. The SMILES string of the molecule is O=C(Cc1ccc(Oc2ccccc2)cc1)Nc1ccc2cnn(CCNCc3ccco3)c2c1. The third-order valence-electron chi connectivity index (χ3n) is 5.58. The molecule has 0 atom stereocenters. The lowest BCUT2D eigenvalue weighted by molar-refractivity contribution is -0.115. The smallest absolute Gasteiger partial charge is 0.228 e. The zero-order valence-corrected chi connectivity index (χ0v) is 19.2. The van der Waals surface area contributed by atoms with E-state index in [1.54, 1.807) is 6.26 Å². The Balaban J connectivity index is 1.16. The molecule has 7 nitrogen and oxygen atoms in total. The molecular formula is C28H26N4O3. The number of nitrogens with one attached hydrogen (secondary N) is 2. The fourth-order valence-electron chi connectivity index (χ4n) is 3.83. The predicted octanol–water partition coefficient (Wildman–Crippen LogP) is 5.39. The highest BCUT2D eigenvalue weighted by Crippen LogP contribution is 2.22. The third kappa shape index (κ3) is 5.96. The Kier molecular flexibility index (Phi) is 6.87. The number of fused-ring (bicyclic) bond motifs is 1. The molecule has 7 heteroatoms. The lowest BCUT2D eigenvalue weighted by Crippen LogP contribution is -2.19. The maximum absolute atomic E-state index is 12.7. The van der Waals surface area contributed by atoms with Gasteiger partial charge in [0.05, 0.1) is 37.5 Å². The summed E-state index contributed by atoms with van der Waals surface area (Å²) in [5.41, 5.74) is 2.64. The molecule has 2 aromatic heterocycles. The van der Waals surface area contributed by atoms with Gasteiger partial charge in [-0.25, -0.2) is 0 Å². The van der Waals surface area contributed by atoms with Gasteiger partial charge in [-0.2, -0.15) is 5.10 Å². The van der Waals surface area contributed by atoms with Crippen molar-refractivity contribution in [2.45, 2.75) is 19.5 Å². The molecule has 0 fully saturated rings. The summed E-state index contributed by atoms with van der Waals surface area (Å²) < 4.78 is 13.1. The van der Waals surface area contributed by atoms with Crippen LogP contribution in [0.2, 0.25) is 0 Å². The van der Waals surface area contributed by atoms with Crippen LogP contribution in [0.15, 0.2) is 102 Å². The van der Waals surface area contributed by atoms with Crippen molar-refractivity contribution in [1.29, 1.82) is 0 Å². The van der Waals surface area contributed by atoms with Crippen LogP contribution < -0.4 is 15.4 Å². The number of hydrogen-bond donors (Lipinski definition) is 2.